The zero-order chi connectivity index (χ0) is 40.2. The van der Waals surface area contributed by atoms with E-state index in [9.17, 15) is 0 Å². The van der Waals surface area contributed by atoms with Gasteiger partial charge in [-0.3, -0.25) is 4.99 Å². The lowest BCUT2D eigenvalue weighted by molar-refractivity contribution is 0.586. The quantitative estimate of drug-likeness (QED) is 0.178. The summed E-state index contributed by atoms with van der Waals surface area (Å²) < 4.78 is 15.7. The van der Waals surface area contributed by atoms with Crippen LogP contribution in [0.5, 0.6) is 0 Å². The van der Waals surface area contributed by atoms with Crippen molar-refractivity contribution in [2.75, 3.05) is 0 Å². The standard InChI is InChI=1S/C57H38N2O2/c1-34-40(42-21-12-16-35-13-4-5-17-41(35)42)27-28-49(58-57(34)38-25-26-45-44-19-7-10-23-52(44)60-54(45)31-38)48-32-39(33-55-56(48)46-20-8-11-24-53(46)61-55)59-50-22-9-6-18-43(50)47-29-36-14-2-3-15-37(36)30-51(47)59/h2-27,29-34,57H,28H2,1H3. The third-order valence-corrected chi connectivity index (χ3v) is 13.2. The van der Waals surface area contributed by atoms with Crippen LogP contribution in [0.2, 0.25) is 0 Å². The van der Waals surface area contributed by atoms with Crippen molar-refractivity contribution in [3.8, 4) is 5.69 Å². The summed E-state index contributed by atoms with van der Waals surface area (Å²) in [7, 11) is 0. The van der Waals surface area contributed by atoms with E-state index in [1.807, 2.05) is 12.1 Å². The molecule has 12 aromatic rings. The molecule has 0 N–H and O–H groups in total. The third kappa shape index (κ3) is 5.22. The molecule has 13 rings (SSSR count). The van der Waals surface area contributed by atoms with Crippen molar-refractivity contribution in [2.45, 2.75) is 19.4 Å². The fraction of sp³-hybridized carbons (Fsp3) is 0.0702. The van der Waals surface area contributed by atoms with Gasteiger partial charge in [0.1, 0.15) is 22.3 Å². The van der Waals surface area contributed by atoms with Crippen LogP contribution < -0.4 is 0 Å². The number of allylic oxidation sites excluding steroid dienone is 1. The summed E-state index contributed by atoms with van der Waals surface area (Å²) in [6.07, 6.45) is 3.10. The molecule has 0 bridgehead atoms. The number of aliphatic imine (C=N–C) groups is 1. The molecule has 4 nitrogen and oxygen atoms in total. The lowest BCUT2D eigenvalue weighted by Gasteiger charge is -2.24. The van der Waals surface area contributed by atoms with Crippen molar-refractivity contribution in [1.82, 2.24) is 4.57 Å². The van der Waals surface area contributed by atoms with Crippen LogP contribution in [0.15, 0.2) is 202 Å². The van der Waals surface area contributed by atoms with Crippen LogP contribution in [0, 0.1) is 5.92 Å². The average molecular weight is 783 g/mol. The SMILES string of the molecule is CC1C(c2cccc3ccccc23)=CCC(c2cc(-n3c4ccccc4c4cc5ccccc5cc43)cc3oc4ccccc4c23)=NC1c1ccc2c(c1)oc1ccccc12. The number of hydrogen-bond acceptors (Lipinski definition) is 3. The van der Waals surface area contributed by atoms with Gasteiger partial charge < -0.3 is 13.4 Å². The van der Waals surface area contributed by atoms with E-state index in [2.05, 4.69) is 187 Å². The molecule has 1 aliphatic heterocycles. The van der Waals surface area contributed by atoms with Crippen molar-refractivity contribution >= 4 is 98.5 Å². The molecule has 0 saturated carbocycles. The summed E-state index contributed by atoms with van der Waals surface area (Å²) in [5, 5.41) is 11.8. The second-order valence-corrected chi connectivity index (χ2v) is 16.6. The van der Waals surface area contributed by atoms with Crippen molar-refractivity contribution in [3.05, 3.63) is 205 Å². The predicted molar refractivity (Wildman–Crippen MR) is 254 cm³/mol. The molecule has 4 heteroatoms. The van der Waals surface area contributed by atoms with Gasteiger partial charge in [0.15, 0.2) is 0 Å². The Morgan fingerprint density at radius 2 is 1.13 bits per heavy atom. The van der Waals surface area contributed by atoms with Crippen LogP contribution in [-0.2, 0) is 0 Å². The molecule has 0 amide bonds. The maximum Gasteiger partial charge on any atom is 0.138 e. The van der Waals surface area contributed by atoms with Crippen LogP contribution >= 0.6 is 0 Å². The summed E-state index contributed by atoms with van der Waals surface area (Å²) in [5.74, 6) is 0.0514. The minimum Gasteiger partial charge on any atom is -0.456 e. The highest BCUT2D eigenvalue weighted by Crippen LogP contribution is 2.45. The van der Waals surface area contributed by atoms with Crippen LogP contribution in [0.3, 0.4) is 0 Å². The van der Waals surface area contributed by atoms with Gasteiger partial charge in [0.2, 0.25) is 0 Å². The number of fused-ring (bicyclic) bond motifs is 11. The second-order valence-electron chi connectivity index (χ2n) is 16.6. The van der Waals surface area contributed by atoms with E-state index in [4.69, 9.17) is 13.8 Å². The first-order valence-corrected chi connectivity index (χ1v) is 21.2. The Bertz CT molecular complexity index is 3830. The molecule has 61 heavy (non-hydrogen) atoms. The van der Waals surface area contributed by atoms with Gasteiger partial charge in [-0.1, -0.05) is 146 Å². The maximum absolute atomic E-state index is 6.80. The lowest BCUT2D eigenvalue weighted by atomic mass is 9.83. The Kier molecular flexibility index (Phi) is 7.38. The number of aromatic nitrogens is 1. The summed E-state index contributed by atoms with van der Waals surface area (Å²) in [6, 6.07) is 65.3. The molecule has 3 aromatic heterocycles. The minimum absolute atomic E-state index is 0.0514. The highest BCUT2D eigenvalue weighted by molar-refractivity contribution is 6.21. The smallest absolute Gasteiger partial charge is 0.138 e. The Hall–Kier alpha value is -7.69. The fourth-order valence-electron chi connectivity index (χ4n) is 10.3. The van der Waals surface area contributed by atoms with E-state index in [0.29, 0.717) is 6.42 Å². The van der Waals surface area contributed by atoms with Crippen molar-refractivity contribution in [3.63, 3.8) is 0 Å². The lowest BCUT2D eigenvalue weighted by Crippen LogP contribution is -2.11. The zero-order valence-corrected chi connectivity index (χ0v) is 33.5. The molecule has 2 atom stereocenters. The van der Waals surface area contributed by atoms with Crippen molar-refractivity contribution in [1.29, 1.82) is 0 Å². The van der Waals surface area contributed by atoms with E-state index < -0.39 is 0 Å². The maximum atomic E-state index is 6.80. The molecular formula is C57H38N2O2. The van der Waals surface area contributed by atoms with Gasteiger partial charge >= 0.3 is 0 Å². The zero-order valence-electron chi connectivity index (χ0n) is 33.5. The molecule has 0 radical (unpaired) electrons. The van der Waals surface area contributed by atoms with Crippen molar-refractivity contribution < 1.29 is 8.83 Å². The highest BCUT2D eigenvalue weighted by Gasteiger charge is 2.30. The Morgan fingerprint density at radius 3 is 1.98 bits per heavy atom. The molecule has 2 unspecified atom stereocenters. The first-order chi connectivity index (χ1) is 30.1. The molecule has 288 valence electrons. The van der Waals surface area contributed by atoms with Gasteiger partial charge in [0.05, 0.1) is 22.8 Å². The summed E-state index contributed by atoms with van der Waals surface area (Å²) in [4.78, 5) is 5.91. The van der Waals surface area contributed by atoms with Gasteiger partial charge in [-0.2, -0.15) is 0 Å². The Labute approximate surface area is 351 Å². The number of furan rings is 2. The van der Waals surface area contributed by atoms with Gasteiger partial charge in [-0.25, -0.2) is 0 Å². The third-order valence-electron chi connectivity index (χ3n) is 13.2. The molecule has 0 fully saturated rings. The van der Waals surface area contributed by atoms with E-state index in [1.54, 1.807) is 0 Å². The largest absolute Gasteiger partial charge is 0.456 e. The van der Waals surface area contributed by atoms with Crippen molar-refractivity contribution in [2.24, 2.45) is 10.9 Å². The number of hydrogen-bond donors (Lipinski definition) is 0. The van der Waals surface area contributed by atoms with Gasteiger partial charge in [-0.15, -0.1) is 0 Å². The summed E-state index contributed by atoms with van der Waals surface area (Å²) >= 11 is 0. The number of nitrogens with zero attached hydrogens (tertiary/aromatic N) is 2. The molecule has 0 aliphatic carbocycles. The van der Waals surface area contributed by atoms with Gasteiger partial charge in [-0.05, 0) is 80.7 Å². The molecule has 1 aliphatic rings. The summed E-state index contributed by atoms with van der Waals surface area (Å²) in [6.45, 7) is 2.34. The first kappa shape index (κ1) is 34.2. The minimum atomic E-state index is -0.197. The molecule has 9 aromatic carbocycles. The Morgan fingerprint density at radius 1 is 0.475 bits per heavy atom. The van der Waals surface area contributed by atoms with Gasteiger partial charge in [0, 0.05) is 62.0 Å². The van der Waals surface area contributed by atoms with E-state index in [1.165, 1.54) is 43.5 Å². The molecule has 0 spiro atoms. The topological polar surface area (TPSA) is 43.6 Å². The molecule has 4 heterocycles. The highest BCUT2D eigenvalue weighted by atomic mass is 16.3. The fourth-order valence-corrected chi connectivity index (χ4v) is 10.3. The van der Waals surface area contributed by atoms with Crippen LogP contribution in [0.25, 0.3) is 98.5 Å². The van der Waals surface area contributed by atoms with E-state index in [0.717, 1.165) is 77.4 Å². The average Bonchev–Trinajstić information content (AvgIpc) is 3.94. The Balaban J connectivity index is 1.09. The first-order valence-electron chi connectivity index (χ1n) is 21.2. The van der Waals surface area contributed by atoms with Crippen LogP contribution in [0.4, 0.5) is 0 Å². The predicted octanol–water partition coefficient (Wildman–Crippen LogP) is 15.5. The van der Waals surface area contributed by atoms with Crippen LogP contribution in [-0.4, -0.2) is 10.3 Å². The molecular weight excluding hydrogens is 745 g/mol. The number of rotatable bonds is 4. The monoisotopic (exact) mass is 782 g/mol. The second kappa shape index (κ2) is 13.2. The van der Waals surface area contributed by atoms with E-state index in [-0.39, 0.29) is 12.0 Å². The van der Waals surface area contributed by atoms with E-state index >= 15 is 0 Å². The normalized spacial score (nSPS) is 16.1. The number of para-hydroxylation sites is 3. The summed E-state index contributed by atoms with van der Waals surface area (Å²) in [5.41, 5.74) is 12.6. The van der Waals surface area contributed by atoms with Gasteiger partial charge in [0.25, 0.3) is 0 Å². The number of benzene rings is 9. The molecule has 0 saturated heterocycles. The van der Waals surface area contributed by atoms with Crippen LogP contribution in [0.1, 0.15) is 36.1 Å².